The summed E-state index contributed by atoms with van der Waals surface area (Å²) in [6, 6.07) is 7.11. The van der Waals surface area contributed by atoms with Crippen LogP contribution in [0.3, 0.4) is 0 Å². The quantitative estimate of drug-likeness (QED) is 0.567. The summed E-state index contributed by atoms with van der Waals surface area (Å²) in [6.45, 7) is 8.27. The first-order chi connectivity index (χ1) is 16.4. The van der Waals surface area contributed by atoms with E-state index in [2.05, 4.69) is 5.32 Å². The van der Waals surface area contributed by atoms with Crippen LogP contribution in [-0.2, 0) is 14.3 Å². The molecule has 0 aliphatic carbocycles. The minimum absolute atomic E-state index is 0.0608. The Morgan fingerprint density at radius 1 is 1.29 bits per heavy atom. The highest BCUT2D eigenvalue weighted by Gasteiger charge is 2.42. The predicted octanol–water partition coefficient (Wildman–Crippen LogP) is 4.47. The van der Waals surface area contributed by atoms with Gasteiger partial charge in [-0.25, -0.2) is 4.99 Å². The molecule has 1 fully saturated rings. The Morgan fingerprint density at radius 3 is 2.74 bits per heavy atom. The van der Waals surface area contributed by atoms with Crippen LogP contribution in [0.25, 0.3) is 0 Å². The molecule has 182 valence electrons. The van der Waals surface area contributed by atoms with Gasteiger partial charge in [-0.15, -0.1) is 0 Å². The molecule has 3 aliphatic rings. The first kappa shape index (κ1) is 24.8. The van der Waals surface area contributed by atoms with Crippen molar-refractivity contribution in [2.75, 3.05) is 26.2 Å². The lowest BCUT2D eigenvalue weighted by Gasteiger charge is -2.38. The molecule has 7 nitrogen and oxygen atoms in total. The number of hydrogen-bond donors (Lipinski definition) is 1. The van der Waals surface area contributed by atoms with Gasteiger partial charge in [0.2, 0.25) is 5.91 Å². The van der Waals surface area contributed by atoms with Crippen LogP contribution in [0.5, 0.6) is 0 Å². The number of ether oxygens (including phenoxy) is 1. The van der Waals surface area contributed by atoms with E-state index < -0.39 is 6.04 Å². The number of aliphatic imine (C=N–C) groups is 1. The lowest BCUT2D eigenvalue weighted by Crippen LogP contribution is -2.42. The standard InChI is InChI=1S/C25H31ClN4O3S/c1-4-29(5-2)24(32)22-16(3)28-25-30(23(22)19-10-6-7-11-20(19)26)17(15-34-25)13-21(31)27-14-18-9-8-12-33-18/h6-7,10-11,15,18,23H,4-5,8-9,12-14H2,1-3H3,(H,27,31). The second-order valence-electron chi connectivity index (χ2n) is 8.51. The van der Waals surface area contributed by atoms with E-state index in [9.17, 15) is 9.59 Å². The third kappa shape index (κ3) is 5.04. The maximum atomic E-state index is 13.6. The van der Waals surface area contributed by atoms with E-state index in [0.29, 0.717) is 35.9 Å². The molecule has 1 saturated heterocycles. The van der Waals surface area contributed by atoms with E-state index >= 15 is 0 Å². The van der Waals surface area contributed by atoms with Crippen molar-refractivity contribution < 1.29 is 14.3 Å². The number of fused-ring (bicyclic) bond motifs is 1. The first-order valence-electron chi connectivity index (χ1n) is 11.8. The van der Waals surface area contributed by atoms with Crippen molar-refractivity contribution in [2.45, 2.75) is 52.2 Å². The summed E-state index contributed by atoms with van der Waals surface area (Å²) in [5, 5.41) is 6.27. The van der Waals surface area contributed by atoms with Crippen molar-refractivity contribution in [3.05, 3.63) is 57.2 Å². The molecule has 3 heterocycles. The van der Waals surface area contributed by atoms with Crippen molar-refractivity contribution in [3.8, 4) is 0 Å². The highest BCUT2D eigenvalue weighted by atomic mass is 35.5. The number of carbonyl (C=O) groups is 2. The molecule has 1 aromatic rings. The summed E-state index contributed by atoms with van der Waals surface area (Å²) in [5.41, 5.74) is 2.89. The molecule has 3 aliphatic heterocycles. The lowest BCUT2D eigenvalue weighted by molar-refractivity contribution is -0.127. The highest BCUT2D eigenvalue weighted by molar-refractivity contribution is 8.16. The number of carbonyl (C=O) groups excluding carboxylic acids is 2. The number of hydrogen-bond acceptors (Lipinski definition) is 6. The van der Waals surface area contributed by atoms with Crippen LogP contribution in [-0.4, -0.2) is 59.1 Å². The summed E-state index contributed by atoms with van der Waals surface area (Å²) in [7, 11) is 0. The number of likely N-dealkylation sites (N-methyl/N-ethyl adjacent to an activating group) is 1. The SMILES string of the molecule is CCN(CC)C(=O)C1=C(C)N=C2SC=C(CC(=O)NCC3CCCO3)N2C1c1ccccc1Cl. The molecule has 9 heteroatoms. The van der Waals surface area contributed by atoms with Crippen LogP contribution < -0.4 is 5.32 Å². The summed E-state index contributed by atoms with van der Waals surface area (Å²) in [5.74, 6) is -0.140. The molecule has 4 rings (SSSR count). The third-order valence-corrected chi connectivity index (χ3v) is 7.61. The lowest BCUT2D eigenvalue weighted by atomic mass is 9.92. The Balaban J connectivity index is 1.65. The van der Waals surface area contributed by atoms with E-state index in [-0.39, 0.29) is 24.3 Å². The molecule has 1 aromatic carbocycles. The van der Waals surface area contributed by atoms with Crippen molar-refractivity contribution in [1.82, 2.24) is 15.1 Å². The molecule has 2 amide bonds. The molecule has 2 atom stereocenters. The minimum atomic E-state index is -0.457. The van der Waals surface area contributed by atoms with E-state index in [1.165, 1.54) is 11.8 Å². The van der Waals surface area contributed by atoms with Gasteiger partial charge in [-0.3, -0.25) is 9.59 Å². The maximum Gasteiger partial charge on any atom is 0.254 e. The molecule has 0 bridgehead atoms. The zero-order chi connectivity index (χ0) is 24.2. The zero-order valence-electron chi connectivity index (χ0n) is 19.8. The largest absolute Gasteiger partial charge is 0.376 e. The van der Waals surface area contributed by atoms with Crippen LogP contribution in [0, 0.1) is 0 Å². The van der Waals surface area contributed by atoms with E-state index in [0.717, 1.165) is 35.9 Å². The van der Waals surface area contributed by atoms with Gasteiger partial charge in [0.15, 0.2) is 5.17 Å². The fourth-order valence-corrected chi connectivity index (χ4v) is 5.78. The second-order valence-corrected chi connectivity index (χ2v) is 9.75. The van der Waals surface area contributed by atoms with Crippen molar-refractivity contribution in [3.63, 3.8) is 0 Å². The summed E-state index contributed by atoms with van der Waals surface area (Å²) >= 11 is 8.12. The fraction of sp³-hybridized carbons (Fsp3) is 0.480. The average Bonchev–Trinajstić information content (AvgIpc) is 3.48. The molecule has 0 aromatic heterocycles. The number of rotatable bonds is 8. The normalized spacial score (nSPS) is 21.8. The Bertz CT molecular complexity index is 1040. The van der Waals surface area contributed by atoms with Crippen LogP contribution >= 0.6 is 23.4 Å². The van der Waals surface area contributed by atoms with Gasteiger partial charge in [-0.05, 0) is 50.7 Å². The number of benzene rings is 1. The monoisotopic (exact) mass is 502 g/mol. The van der Waals surface area contributed by atoms with Gasteiger partial charge in [0.25, 0.3) is 5.91 Å². The molecule has 2 unspecified atom stereocenters. The van der Waals surface area contributed by atoms with Gasteiger partial charge >= 0.3 is 0 Å². The van der Waals surface area contributed by atoms with Gasteiger partial charge in [0.05, 0.1) is 29.8 Å². The van der Waals surface area contributed by atoms with Crippen LogP contribution in [0.2, 0.25) is 5.02 Å². The molecular weight excluding hydrogens is 472 g/mol. The third-order valence-electron chi connectivity index (χ3n) is 6.37. The summed E-state index contributed by atoms with van der Waals surface area (Å²) < 4.78 is 5.62. The van der Waals surface area contributed by atoms with Gasteiger partial charge in [-0.2, -0.15) is 0 Å². The van der Waals surface area contributed by atoms with E-state index in [1.807, 2.05) is 55.3 Å². The molecule has 0 spiro atoms. The molecular formula is C25H31ClN4O3S. The van der Waals surface area contributed by atoms with Crippen LogP contribution in [0.15, 0.2) is 51.6 Å². The number of halogens is 1. The number of nitrogens with one attached hydrogen (secondary N) is 1. The Labute approximate surface area is 210 Å². The molecule has 0 saturated carbocycles. The number of amidine groups is 1. The topological polar surface area (TPSA) is 74.2 Å². The van der Waals surface area contributed by atoms with E-state index in [4.69, 9.17) is 21.3 Å². The maximum absolute atomic E-state index is 13.6. The van der Waals surface area contributed by atoms with Gasteiger partial charge in [-0.1, -0.05) is 41.6 Å². The molecule has 0 radical (unpaired) electrons. The van der Waals surface area contributed by atoms with Crippen LogP contribution in [0.4, 0.5) is 0 Å². The molecule has 34 heavy (non-hydrogen) atoms. The van der Waals surface area contributed by atoms with Gasteiger partial charge < -0.3 is 19.9 Å². The summed E-state index contributed by atoms with van der Waals surface area (Å²) in [6.07, 6.45) is 2.27. The fourth-order valence-electron chi connectivity index (χ4n) is 4.58. The second kappa shape index (κ2) is 11.0. The first-order valence-corrected chi connectivity index (χ1v) is 13.1. The highest BCUT2D eigenvalue weighted by Crippen LogP contribution is 2.46. The van der Waals surface area contributed by atoms with Crippen molar-refractivity contribution in [1.29, 1.82) is 0 Å². The Hall–Kier alpha value is -2.29. The zero-order valence-corrected chi connectivity index (χ0v) is 21.4. The summed E-state index contributed by atoms with van der Waals surface area (Å²) in [4.78, 5) is 35.0. The number of allylic oxidation sites excluding steroid dienone is 1. The number of amides is 2. The van der Waals surface area contributed by atoms with Crippen LogP contribution in [0.1, 0.15) is 51.6 Å². The predicted molar refractivity (Wildman–Crippen MR) is 136 cm³/mol. The van der Waals surface area contributed by atoms with Gasteiger partial charge in [0.1, 0.15) is 0 Å². The number of nitrogens with zero attached hydrogens (tertiary/aromatic N) is 3. The van der Waals surface area contributed by atoms with Gasteiger partial charge in [0, 0.05) is 37.0 Å². The van der Waals surface area contributed by atoms with E-state index in [1.54, 1.807) is 4.90 Å². The minimum Gasteiger partial charge on any atom is -0.376 e. The Kier molecular flexibility index (Phi) is 8.01. The van der Waals surface area contributed by atoms with Crippen molar-refractivity contribution in [2.24, 2.45) is 4.99 Å². The van der Waals surface area contributed by atoms with Crippen molar-refractivity contribution >= 4 is 40.3 Å². The smallest absolute Gasteiger partial charge is 0.254 e. The number of thioether (sulfide) groups is 1. The average molecular weight is 503 g/mol. The Morgan fingerprint density at radius 2 is 2.06 bits per heavy atom. The molecule has 1 N–H and O–H groups in total.